The van der Waals surface area contributed by atoms with Gasteiger partial charge in [0.05, 0.1) is 5.02 Å². The van der Waals surface area contributed by atoms with Gasteiger partial charge in [0, 0.05) is 11.6 Å². The fraction of sp³-hybridized carbons (Fsp3) is 0.125. The number of hydrogen-bond acceptors (Lipinski definition) is 4. The summed E-state index contributed by atoms with van der Waals surface area (Å²) in [5, 5.41) is 35.5. The van der Waals surface area contributed by atoms with Crippen LogP contribution in [0, 0.1) is 0 Å². The average molecular weight is 219 g/mol. The molecule has 0 radical (unpaired) electrons. The van der Waals surface area contributed by atoms with Crippen LogP contribution in [0.5, 0.6) is 11.5 Å². The Bertz CT molecular complexity index is 376. The molecular formula is C8H7ClO5. The number of rotatable bonds is 2. The smallest absolute Gasteiger partial charge is 0.337 e. The highest BCUT2D eigenvalue weighted by molar-refractivity contribution is 6.31. The Morgan fingerprint density at radius 2 is 1.79 bits per heavy atom. The average Bonchev–Trinajstić information content (AvgIpc) is 2.10. The van der Waals surface area contributed by atoms with E-state index in [-0.39, 0.29) is 10.6 Å². The normalized spacial score (nSPS) is 12.4. The van der Waals surface area contributed by atoms with E-state index < -0.39 is 23.6 Å². The van der Waals surface area contributed by atoms with Crippen LogP contribution in [0.15, 0.2) is 12.1 Å². The van der Waals surface area contributed by atoms with Crippen molar-refractivity contribution >= 4 is 17.6 Å². The van der Waals surface area contributed by atoms with Crippen molar-refractivity contribution in [3.63, 3.8) is 0 Å². The summed E-state index contributed by atoms with van der Waals surface area (Å²) in [5.74, 6) is -2.50. The summed E-state index contributed by atoms with van der Waals surface area (Å²) < 4.78 is 0. The third kappa shape index (κ3) is 1.89. The molecule has 0 bridgehead atoms. The Hall–Kier alpha value is -1.46. The van der Waals surface area contributed by atoms with E-state index in [2.05, 4.69) is 0 Å². The lowest BCUT2D eigenvalue weighted by Crippen LogP contribution is -2.10. The largest absolute Gasteiger partial charge is 0.504 e. The van der Waals surface area contributed by atoms with Gasteiger partial charge in [-0.05, 0) is 6.07 Å². The van der Waals surface area contributed by atoms with E-state index in [0.717, 1.165) is 12.1 Å². The van der Waals surface area contributed by atoms with E-state index in [0.29, 0.717) is 0 Å². The van der Waals surface area contributed by atoms with Crippen molar-refractivity contribution in [2.24, 2.45) is 0 Å². The SMILES string of the molecule is O=C(O)[C@H](O)c1cc(O)c(O)cc1Cl. The van der Waals surface area contributed by atoms with Crippen LogP contribution in [0.2, 0.25) is 5.02 Å². The number of aliphatic hydroxyl groups excluding tert-OH is 1. The molecule has 0 spiro atoms. The molecule has 0 heterocycles. The summed E-state index contributed by atoms with van der Waals surface area (Å²) in [7, 11) is 0. The van der Waals surface area contributed by atoms with E-state index in [1.807, 2.05) is 0 Å². The molecule has 1 aromatic carbocycles. The number of halogens is 1. The number of carboxylic acids is 1. The summed E-state index contributed by atoms with van der Waals surface area (Å²) in [6.45, 7) is 0. The van der Waals surface area contributed by atoms with E-state index in [4.69, 9.17) is 32.0 Å². The topological polar surface area (TPSA) is 98.0 Å². The number of benzene rings is 1. The molecule has 0 amide bonds. The van der Waals surface area contributed by atoms with Crippen LogP contribution < -0.4 is 0 Å². The molecule has 0 saturated heterocycles. The molecule has 0 aliphatic heterocycles. The fourth-order valence-electron chi connectivity index (χ4n) is 0.910. The van der Waals surface area contributed by atoms with E-state index >= 15 is 0 Å². The number of hydrogen-bond donors (Lipinski definition) is 4. The van der Waals surface area contributed by atoms with Gasteiger partial charge in [0.2, 0.25) is 0 Å². The van der Waals surface area contributed by atoms with Gasteiger partial charge >= 0.3 is 5.97 Å². The fourth-order valence-corrected chi connectivity index (χ4v) is 1.17. The van der Waals surface area contributed by atoms with Crippen LogP contribution in [0.3, 0.4) is 0 Å². The molecule has 1 aromatic rings. The van der Waals surface area contributed by atoms with E-state index in [1.165, 1.54) is 0 Å². The van der Waals surface area contributed by atoms with Gasteiger partial charge < -0.3 is 20.4 Å². The minimum atomic E-state index is -1.83. The van der Waals surface area contributed by atoms with Gasteiger partial charge in [0.25, 0.3) is 0 Å². The molecule has 0 unspecified atom stereocenters. The Kier molecular flexibility index (Phi) is 2.83. The number of phenolic OH excluding ortho intramolecular Hbond substituents is 2. The number of phenols is 2. The zero-order valence-electron chi connectivity index (χ0n) is 6.81. The van der Waals surface area contributed by atoms with Gasteiger partial charge in [-0.25, -0.2) is 4.79 Å². The molecular weight excluding hydrogens is 212 g/mol. The lowest BCUT2D eigenvalue weighted by Gasteiger charge is -2.09. The molecule has 6 heteroatoms. The molecule has 0 saturated carbocycles. The number of carboxylic acid groups (broad SMARTS) is 1. The van der Waals surface area contributed by atoms with Crippen molar-refractivity contribution in [3.8, 4) is 11.5 Å². The van der Waals surface area contributed by atoms with Gasteiger partial charge in [-0.3, -0.25) is 0 Å². The van der Waals surface area contributed by atoms with Crippen LogP contribution in [0.25, 0.3) is 0 Å². The molecule has 1 atom stereocenters. The Morgan fingerprint density at radius 3 is 2.29 bits per heavy atom. The van der Waals surface area contributed by atoms with Crippen molar-refractivity contribution in [1.82, 2.24) is 0 Å². The molecule has 5 nitrogen and oxygen atoms in total. The second-order valence-corrected chi connectivity index (χ2v) is 3.01. The van der Waals surface area contributed by atoms with Crippen molar-refractivity contribution in [2.75, 3.05) is 0 Å². The van der Waals surface area contributed by atoms with Gasteiger partial charge in [0.15, 0.2) is 17.6 Å². The summed E-state index contributed by atoms with van der Waals surface area (Å²) in [6.07, 6.45) is -1.83. The molecule has 0 aromatic heterocycles. The number of aliphatic carboxylic acids is 1. The third-order valence-corrected chi connectivity index (χ3v) is 1.95. The highest BCUT2D eigenvalue weighted by atomic mass is 35.5. The van der Waals surface area contributed by atoms with Crippen LogP contribution >= 0.6 is 11.6 Å². The molecule has 0 aliphatic carbocycles. The predicted molar refractivity (Wildman–Crippen MR) is 47.4 cm³/mol. The molecule has 0 fully saturated rings. The highest BCUT2D eigenvalue weighted by Gasteiger charge is 2.20. The third-order valence-electron chi connectivity index (χ3n) is 1.62. The van der Waals surface area contributed by atoms with Crippen molar-refractivity contribution in [1.29, 1.82) is 0 Å². The minimum absolute atomic E-state index is 0.129. The molecule has 4 N–H and O–H groups in total. The zero-order valence-corrected chi connectivity index (χ0v) is 7.56. The first-order valence-electron chi connectivity index (χ1n) is 3.55. The Balaban J connectivity index is 3.22. The summed E-state index contributed by atoms with van der Waals surface area (Å²) in [4.78, 5) is 10.4. The van der Waals surface area contributed by atoms with E-state index in [1.54, 1.807) is 0 Å². The molecule has 14 heavy (non-hydrogen) atoms. The maximum absolute atomic E-state index is 10.4. The molecule has 0 aliphatic rings. The van der Waals surface area contributed by atoms with Crippen molar-refractivity contribution < 1.29 is 25.2 Å². The lowest BCUT2D eigenvalue weighted by molar-refractivity contribution is -0.146. The van der Waals surface area contributed by atoms with Crippen LogP contribution in [0.1, 0.15) is 11.7 Å². The van der Waals surface area contributed by atoms with Crippen LogP contribution in [-0.4, -0.2) is 26.4 Å². The Labute approximate surface area is 83.8 Å². The number of aromatic hydroxyl groups is 2. The summed E-state index contributed by atoms with van der Waals surface area (Å²) in [6, 6.07) is 1.86. The molecule has 76 valence electrons. The van der Waals surface area contributed by atoms with Crippen molar-refractivity contribution in [2.45, 2.75) is 6.10 Å². The predicted octanol–water partition coefficient (Wildman–Crippen LogP) is 0.869. The number of aliphatic hydroxyl groups is 1. The Morgan fingerprint density at radius 1 is 1.29 bits per heavy atom. The second kappa shape index (κ2) is 3.73. The highest BCUT2D eigenvalue weighted by Crippen LogP contribution is 2.34. The van der Waals surface area contributed by atoms with Crippen LogP contribution in [0.4, 0.5) is 0 Å². The van der Waals surface area contributed by atoms with Crippen molar-refractivity contribution in [3.05, 3.63) is 22.7 Å². The second-order valence-electron chi connectivity index (χ2n) is 2.60. The van der Waals surface area contributed by atoms with Gasteiger partial charge in [0.1, 0.15) is 0 Å². The van der Waals surface area contributed by atoms with Gasteiger partial charge in [-0.1, -0.05) is 11.6 Å². The number of carbonyl (C=O) groups is 1. The minimum Gasteiger partial charge on any atom is -0.504 e. The van der Waals surface area contributed by atoms with Crippen LogP contribution in [-0.2, 0) is 4.79 Å². The molecule has 1 rings (SSSR count). The lowest BCUT2D eigenvalue weighted by atomic mass is 10.1. The first-order valence-corrected chi connectivity index (χ1v) is 3.93. The standard InChI is InChI=1S/C8H7ClO5/c9-4-2-6(11)5(10)1-3(4)7(12)8(13)14/h1-2,7,10-12H,(H,13,14)/t7-/m1/s1. The van der Waals surface area contributed by atoms with Gasteiger partial charge in [-0.2, -0.15) is 0 Å². The maximum atomic E-state index is 10.4. The first kappa shape index (κ1) is 10.6. The van der Waals surface area contributed by atoms with E-state index in [9.17, 15) is 4.79 Å². The summed E-state index contributed by atoms with van der Waals surface area (Å²) >= 11 is 5.55. The van der Waals surface area contributed by atoms with Gasteiger partial charge in [-0.15, -0.1) is 0 Å². The zero-order chi connectivity index (χ0) is 10.9. The first-order chi connectivity index (χ1) is 6.43. The maximum Gasteiger partial charge on any atom is 0.337 e. The summed E-state index contributed by atoms with van der Waals surface area (Å²) in [5.41, 5.74) is -0.172. The monoisotopic (exact) mass is 218 g/mol. The quantitative estimate of drug-likeness (QED) is 0.552.